The summed E-state index contributed by atoms with van der Waals surface area (Å²) in [5.41, 5.74) is 19.8. The van der Waals surface area contributed by atoms with E-state index in [0.29, 0.717) is 0 Å². The second-order valence-electron chi connectivity index (χ2n) is 20.3. The van der Waals surface area contributed by atoms with Crippen LogP contribution in [0.3, 0.4) is 0 Å². The van der Waals surface area contributed by atoms with Gasteiger partial charge < -0.3 is 13.7 Å². The van der Waals surface area contributed by atoms with Crippen molar-refractivity contribution in [3.05, 3.63) is 144 Å². The molecule has 7 aromatic carbocycles. The Balaban J connectivity index is 1.26. The van der Waals surface area contributed by atoms with Gasteiger partial charge in [0.15, 0.2) is 0 Å². The number of aromatic nitrogens is 3. The molecule has 10 aromatic rings. The molecule has 0 saturated carbocycles. The third-order valence-electron chi connectivity index (χ3n) is 13.7. The van der Waals surface area contributed by atoms with E-state index < -0.39 is 0 Å². The van der Waals surface area contributed by atoms with Gasteiger partial charge in [0.1, 0.15) is 0 Å². The van der Waals surface area contributed by atoms with Crippen molar-refractivity contribution in [2.24, 2.45) is 0 Å². The van der Waals surface area contributed by atoms with Gasteiger partial charge >= 0.3 is 0 Å². The second kappa shape index (κ2) is 10.9. The van der Waals surface area contributed by atoms with Crippen LogP contribution in [-0.4, -0.2) is 20.4 Å². The Labute approximate surface area is 340 Å². The number of rotatable bonds is 1. The number of fused-ring (bicyclic) bond motifs is 14. The first kappa shape index (κ1) is 34.1. The fraction of sp³-hybridized carbons (Fsp3) is 0.222. The van der Waals surface area contributed by atoms with E-state index in [1.54, 1.807) is 0 Å². The topological polar surface area (TPSA) is 14.8 Å². The van der Waals surface area contributed by atoms with Gasteiger partial charge in [-0.2, -0.15) is 0 Å². The summed E-state index contributed by atoms with van der Waals surface area (Å²) in [6, 6.07) is 49.4. The van der Waals surface area contributed by atoms with E-state index in [1.165, 1.54) is 116 Å². The highest BCUT2D eigenvalue weighted by molar-refractivity contribution is 7.00. The minimum atomic E-state index is -0.0276. The quantitative estimate of drug-likeness (QED) is 0.149. The highest BCUT2D eigenvalue weighted by Gasteiger charge is 2.42. The number of nitrogens with zero attached hydrogens (tertiary/aromatic N) is 3. The Kier molecular flexibility index (Phi) is 6.42. The van der Waals surface area contributed by atoms with Gasteiger partial charge in [-0.15, -0.1) is 0 Å². The molecule has 2 aliphatic rings. The van der Waals surface area contributed by atoms with Crippen LogP contribution in [0.4, 0.5) is 0 Å². The molecule has 3 nitrogen and oxygen atoms in total. The number of para-hydroxylation sites is 2. The first-order valence-corrected chi connectivity index (χ1v) is 21.1. The van der Waals surface area contributed by atoms with Crippen molar-refractivity contribution in [1.82, 2.24) is 13.7 Å². The maximum atomic E-state index is 2.64. The third-order valence-corrected chi connectivity index (χ3v) is 13.7. The predicted molar refractivity (Wildman–Crippen MR) is 250 cm³/mol. The van der Waals surface area contributed by atoms with E-state index in [2.05, 4.69) is 203 Å². The van der Waals surface area contributed by atoms with Crippen LogP contribution in [0.2, 0.25) is 0 Å². The minimum absolute atomic E-state index is 0.0162. The smallest absolute Gasteiger partial charge is 0.252 e. The number of hydrogen-bond donors (Lipinski definition) is 0. The zero-order chi connectivity index (χ0) is 39.8. The van der Waals surface area contributed by atoms with Crippen molar-refractivity contribution in [2.45, 2.75) is 78.6 Å². The first-order valence-electron chi connectivity index (χ1n) is 21.1. The average Bonchev–Trinajstić information content (AvgIpc) is 3.83. The fourth-order valence-corrected chi connectivity index (χ4v) is 10.7. The van der Waals surface area contributed by atoms with Crippen LogP contribution in [0.15, 0.2) is 127 Å². The summed E-state index contributed by atoms with van der Waals surface area (Å²) in [6.45, 7) is 21.2. The molecule has 0 unspecified atom stereocenters. The van der Waals surface area contributed by atoms with E-state index in [-0.39, 0.29) is 23.0 Å². The van der Waals surface area contributed by atoms with Crippen LogP contribution in [-0.2, 0) is 16.2 Å². The molecular formula is C54H48BN3. The molecule has 0 atom stereocenters. The molecule has 0 amide bonds. The van der Waals surface area contributed by atoms with Crippen molar-refractivity contribution < 1.29 is 0 Å². The minimum Gasteiger partial charge on any atom is -0.310 e. The molecule has 0 spiro atoms. The molecule has 2 aliphatic heterocycles. The molecule has 58 heavy (non-hydrogen) atoms. The van der Waals surface area contributed by atoms with Gasteiger partial charge in [0.2, 0.25) is 0 Å². The molecule has 0 fully saturated rings. The lowest BCUT2D eigenvalue weighted by Crippen LogP contribution is -2.59. The normalized spacial score (nSPS) is 13.9. The number of hydrogen-bond acceptors (Lipinski definition) is 0. The predicted octanol–water partition coefficient (Wildman–Crippen LogP) is 12.0. The molecule has 0 bridgehead atoms. The largest absolute Gasteiger partial charge is 0.310 e. The van der Waals surface area contributed by atoms with Gasteiger partial charge in [-0.25, -0.2) is 0 Å². The summed E-state index contributed by atoms with van der Waals surface area (Å²) >= 11 is 0. The molecule has 0 aliphatic carbocycles. The summed E-state index contributed by atoms with van der Waals surface area (Å²) in [5, 5.41) is 7.86. The van der Waals surface area contributed by atoms with E-state index >= 15 is 0 Å². The van der Waals surface area contributed by atoms with Gasteiger partial charge in [0.25, 0.3) is 6.71 Å². The zero-order valence-electron chi connectivity index (χ0n) is 35.0. The Morgan fingerprint density at radius 3 is 1.60 bits per heavy atom. The van der Waals surface area contributed by atoms with Crippen molar-refractivity contribution in [3.63, 3.8) is 0 Å². The van der Waals surface area contributed by atoms with E-state index in [9.17, 15) is 0 Å². The van der Waals surface area contributed by atoms with Crippen LogP contribution in [0.25, 0.3) is 82.5 Å². The third kappa shape index (κ3) is 4.36. The Bertz CT molecular complexity index is 3400. The molecule has 0 radical (unpaired) electrons. The van der Waals surface area contributed by atoms with Gasteiger partial charge in [0, 0.05) is 54.9 Å². The molecular weight excluding hydrogens is 701 g/mol. The van der Waals surface area contributed by atoms with Crippen molar-refractivity contribution in [2.75, 3.05) is 0 Å². The zero-order valence-corrected chi connectivity index (χ0v) is 35.0. The lowest BCUT2D eigenvalue weighted by Gasteiger charge is -2.35. The summed E-state index contributed by atoms with van der Waals surface area (Å²) < 4.78 is 7.74. The fourth-order valence-electron chi connectivity index (χ4n) is 10.7. The average molecular weight is 750 g/mol. The Hall–Kier alpha value is -6.00. The van der Waals surface area contributed by atoms with E-state index in [0.717, 1.165) is 0 Å². The van der Waals surface area contributed by atoms with Crippen molar-refractivity contribution in [3.8, 4) is 17.1 Å². The van der Waals surface area contributed by atoms with Gasteiger partial charge in [-0.05, 0) is 97.9 Å². The summed E-state index contributed by atoms with van der Waals surface area (Å²) in [6.07, 6.45) is 0. The first-order chi connectivity index (χ1) is 27.7. The van der Waals surface area contributed by atoms with E-state index in [1.807, 2.05) is 0 Å². The van der Waals surface area contributed by atoms with Crippen LogP contribution in [0, 0.1) is 0 Å². The van der Waals surface area contributed by atoms with Gasteiger partial charge in [0.05, 0.1) is 27.6 Å². The lowest BCUT2D eigenvalue weighted by atomic mass is 9.34. The van der Waals surface area contributed by atoms with Crippen molar-refractivity contribution in [1.29, 1.82) is 0 Å². The Morgan fingerprint density at radius 1 is 0.362 bits per heavy atom. The van der Waals surface area contributed by atoms with Crippen LogP contribution < -0.4 is 16.4 Å². The molecule has 282 valence electrons. The standard InChI is InChI=1S/C54H48BN3/c1-52(2,3)31-18-21-37-39-23-25-45-49-51(39)58(46(37)28-31)48-29-32(53(4,5)6)19-24-41(48)55(49)42-27-33(54(7,8)9)26-40-38-22-20-34(30-47(38)57(45)50(40)42)56-43-16-12-10-14-35(43)36-15-11-13-17-44(36)56/h10-30H,1-9H3. The molecule has 5 heterocycles. The number of benzene rings is 7. The van der Waals surface area contributed by atoms with Crippen LogP contribution in [0.5, 0.6) is 0 Å². The maximum Gasteiger partial charge on any atom is 0.252 e. The van der Waals surface area contributed by atoms with Crippen molar-refractivity contribution >= 4 is 88.5 Å². The molecule has 4 heteroatoms. The SMILES string of the molecule is CC(C)(C)c1ccc2c(c1)-n1c3cc(C(C)(C)C)ccc3c3ccc4c(c31)B2c1cc(C(C)(C)C)cc2c3ccc(-n5c6ccccc6c6ccccc65)cc3n-4c12. The summed E-state index contributed by atoms with van der Waals surface area (Å²) in [5.74, 6) is 0. The second-order valence-corrected chi connectivity index (χ2v) is 20.3. The molecule has 0 N–H and O–H groups in total. The van der Waals surface area contributed by atoms with Gasteiger partial charge in [-0.1, -0.05) is 141 Å². The highest BCUT2D eigenvalue weighted by atomic mass is 15.0. The molecule has 0 saturated heterocycles. The van der Waals surface area contributed by atoms with Gasteiger partial charge in [-0.3, -0.25) is 0 Å². The monoisotopic (exact) mass is 749 g/mol. The van der Waals surface area contributed by atoms with E-state index in [4.69, 9.17) is 0 Å². The maximum absolute atomic E-state index is 2.64. The highest BCUT2D eigenvalue weighted by Crippen LogP contribution is 2.43. The summed E-state index contributed by atoms with van der Waals surface area (Å²) in [7, 11) is 0. The Morgan fingerprint density at radius 2 is 0.914 bits per heavy atom. The van der Waals surface area contributed by atoms with Crippen LogP contribution >= 0.6 is 0 Å². The van der Waals surface area contributed by atoms with Crippen LogP contribution in [0.1, 0.15) is 79.0 Å². The lowest BCUT2D eigenvalue weighted by molar-refractivity contribution is 0.590. The molecule has 3 aromatic heterocycles. The molecule has 12 rings (SSSR count). The summed E-state index contributed by atoms with van der Waals surface area (Å²) in [4.78, 5) is 0.